The van der Waals surface area contributed by atoms with Crippen LogP contribution in [0.2, 0.25) is 0 Å². The smallest absolute Gasteiger partial charge is 0.131 e. The molecule has 0 radical (unpaired) electrons. The molecule has 120 valence electrons. The van der Waals surface area contributed by atoms with E-state index in [-0.39, 0.29) is 11.2 Å². The molecule has 0 unspecified atom stereocenters. The predicted octanol–water partition coefficient (Wildman–Crippen LogP) is 6.74. The minimum atomic E-state index is -0.174. The van der Waals surface area contributed by atoms with Crippen LogP contribution in [0.4, 0.5) is 4.39 Å². The number of hydrogen-bond donors (Lipinski definition) is 0. The Hall–Kier alpha value is -1.60. The molecule has 0 spiro atoms. The molecule has 0 heterocycles. The SMILES string of the molecule is Cc1ccc(F)c(-c2ccc(CCl)cc2C2=CCCC2(C)C)c1. The van der Waals surface area contributed by atoms with Crippen LogP contribution in [0, 0.1) is 18.2 Å². The monoisotopic (exact) mass is 328 g/mol. The Bertz CT molecular complexity index is 771. The number of rotatable bonds is 3. The van der Waals surface area contributed by atoms with Crippen molar-refractivity contribution in [1.82, 2.24) is 0 Å². The summed E-state index contributed by atoms with van der Waals surface area (Å²) in [5.41, 5.74) is 6.30. The quantitative estimate of drug-likeness (QED) is 0.547. The van der Waals surface area contributed by atoms with E-state index in [0.29, 0.717) is 11.4 Å². The maximum Gasteiger partial charge on any atom is 0.131 e. The van der Waals surface area contributed by atoms with Gasteiger partial charge in [0.25, 0.3) is 0 Å². The second kappa shape index (κ2) is 6.13. The second-order valence-electron chi connectivity index (χ2n) is 7.04. The summed E-state index contributed by atoms with van der Waals surface area (Å²) in [6.45, 7) is 6.51. The minimum absolute atomic E-state index is 0.111. The van der Waals surface area contributed by atoms with Crippen LogP contribution in [-0.2, 0) is 5.88 Å². The minimum Gasteiger partial charge on any atom is -0.206 e. The van der Waals surface area contributed by atoms with Crippen molar-refractivity contribution in [2.24, 2.45) is 5.41 Å². The summed E-state index contributed by atoms with van der Waals surface area (Å²) in [4.78, 5) is 0. The van der Waals surface area contributed by atoms with Crippen LogP contribution >= 0.6 is 11.6 Å². The van der Waals surface area contributed by atoms with Gasteiger partial charge in [-0.2, -0.15) is 0 Å². The lowest BCUT2D eigenvalue weighted by molar-refractivity contribution is 0.487. The molecule has 2 aromatic rings. The number of alkyl halides is 1. The van der Waals surface area contributed by atoms with E-state index in [0.717, 1.165) is 35.1 Å². The molecular formula is C21H22ClF. The molecule has 3 rings (SSSR count). The molecule has 23 heavy (non-hydrogen) atoms. The average molecular weight is 329 g/mol. The van der Waals surface area contributed by atoms with Gasteiger partial charge in [-0.3, -0.25) is 0 Å². The van der Waals surface area contributed by atoms with Gasteiger partial charge in [-0.05, 0) is 65.6 Å². The van der Waals surface area contributed by atoms with Crippen molar-refractivity contribution >= 4 is 17.2 Å². The van der Waals surface area contributed by atoms with Gasteiger partial charge in [0.1, 0.15) is 5.82 Å². The van der Waals surface area contributed by atoms with Gasteiger partial charge in [-0.25, -0.2) is 4.39 Å². The molecule has 0 amide bonds. The molecule has 0 fully saturated rings. The van der Waals surface area contributed by atoms with E-state index < -0.39 is 0 Å². The van der Waals surface area contributed by atoms with Crippen molar-refractivity contribution in [2.75, 3.05) is 0 Å². The zero-order valence-electron chi connectivity index (χ0n) is 13.9. The number of halogens is 2. The molecular weight excluding hydrogens is 307 g/mol. The van der Waals surface area contributed by atoms with E-state index in [9.17, 15) is 4.39 Å². The number of benzene rings is 2. The summed E-state index contributed by atoms with van der Waals surface area (Å²) in [6, 6.07) is 11.4. The van der Waals surface area contributed by atoms with Gasteiger partial charge in [-0.15, -0.1) is 11.6 Å². The molecule has 0 nitrogen and oxygen atoms in total. The summed E-state index contributed by atoms with van der Waals surface area (Å²) < 4.78 is 14.5. The molecule has 0 atom stereocenters. The fourth-order valence-electron chi connectivity index (χ4n) is 3.44. The van der Waals surface area contributed by atoms with Crippen LogP contribution in [-0.4, -0.2) is 0 Å². The van der Waals surface area contributed by atoms with E-state index >= 15 is 0 Å². The van der Waals surface area contributed by atoms with Crippen molar-refractivity contribution in [3.05, 3.63) is 65.0 Å². The van der Waals surface area contributed by atoms with E-state index in [4.69, 9.17) is 11.6 Å². The van der Waals surface area contributed by atoms with Crippen LogP contribution in [0.1, 0.15) is 43.4 Å². The van der Waals surface area contributed by atoms with Crippen LogP contribution in [0.3, 0.4) is 0 Å². The van der Waals surface area contributed by atoms with Crippen LogP contribution in [0.15, 0.2) is 42.5 Å². The first-order valence-electron chi connectivity index (χ1n) is 8.09. The molecule has 0 N–H and O–H groups in total. The zero-order chi connectivity index (χ0) is 16.6. The standard InChI is InChI=1S/C21H22ClF/c1-14-6-9-20(23)18(11-14)16-8-7-15(13-22)12-17(16)19-5-4-10-21(19,2)3/h5-9,11-12H,4,10,13H2,1-3H3. The zero-order valence-corrected chi connectivity index (χ0v) is 14.7. The molecule has 2 aromatic carbocycles. The van der Waals surface area contributed by atoms with Gasteiger partial charge < -0.3 is 0 Å². The summed E-state index contributed by atoms with van der Waals surface area (Å²) in [7, 11) is 0. The normalized spacial score (nSPS) is 16.5. The van der Waals surface area contributed by atoms with Gasteiger partial charge in [0.15, 0.2) is 0 Å². The summed E-state index contributed by atoms with van der Waals surface area (Å²) in [5.74, 6) is 0.295. The third-order valence-corrected chi connectivity index (χ3v) is 5.10. The molecule has 0 bridgehead atoms. The Morgan fingerprint density at radius 2 is 1.83 bits per heavy atom. The van der Waals surface area contributed by atoms with Crippen molar-refractivity contribution in [3.8, 4) is 11.1 Å². The van der Waals surface area contributed by atoms with E-state index in [1.54, 1.807) is 6.07 Å². The molecule has 0 saturated heterocycles. The third-order valence-electron chi connectivity index (χ3n) is 4.79. The number of aryl methyl sites for hydroxylation is 1. The maximum atomic E-state index is 14.5. The fourth-order valence-corrected chi connectivity index (χ4v) is 3.61. The van der Waals surface area contributed by atoms with Crippen LogP contribution in [0.5, 0.6) is 0 Å². The molecule has 1 aliphatic rings. The lowest BCUT2D eigenvalue weighted by atomic mass is 9.79. The van der Waals surface area contributed by atoms with Gasteiger partial charge in [0.2, 0.25) is 0 Å². The van der Waals surface area contributed by atoms with Gasteiger partial charge in [0, 0.05) is 11.4 Å². The molecule has 0 saturated carbocycles. The Labute approximate surface area is 143 Å². The Morgan fingerprint density at radius 3 is 2.48 bits per heavy atom. The number of hydrogen-bond acceptors (Lipinski definition) is 0. The largest absolute Gasteiger partial charge is 0.206 e. The van der Waals surface area contributed by atoms with Crippen molar-refractivity contribution < 1.29 is 4.39 Å². The molecule has 1 aliphatic carbocycles. The first-order chi connectivity index (χ1) is 10.9. The van der Waals surface area contributed by atoms with Gasteiger partial charge in [-0.1, -0.05) is 43.7 Å². The van der Waals surface area contributed by atoms with Crippen molar-refractivity contribution in [1.29, 1.82) is 0 Å². The lowest BCUT2D eigenvalue weighted by Gasteiger charge is -2.25. The Balaban J connectivity index is 2.24. The Morgan fingerprint density at radius 1 is 1.04 bits per heavy atom. The average Bonchev–Trinajstić information content (AvgIpc) is 2.88. The van der Waals surface area contributed by atoms with Crippen molar-refractivity contribution in [3.63, 3.8) is 0 Å². The molecule has 2 heteroatoms. The van der Waals surface area contributed by atoms with Crippen LogP contribution < -0.4 is 0 Å². The first kappa shape index (κ1) is 16.3. The maximum absolute atomic E-state index is 14.5. The molecule has 0 aliphatic heterocycles. The third kappa shape index (κ3) is 3.07. The van der Waals surface area contributed by atoms with Crippen LogP contribution in [0.25, 0.3) is 16.7 Å². The summed E-state index contributed by atoms with van der Waals surface area (Å²) in [6.07, 6.45) is 4.50. The predicted molar refractivity (Wildman–Crippen MR) is 97.1 cm³/mol. The highest BCUT2D eigenvalue weighted by atomic mass is 35.5. The highest BCUT2D eigenvalue weighted by molar-refractivity contribution is 6.17. The van der Waals surface area contributed by atoms with Gasteiger partial charge >= 0.3 is 0 Å². The fraction of sp³-hybridized carbons (Fsp3) is 0.333. The van der Waals surface area contributed by atoms with E-state index in [1.807, 2.05) is 31.2 Å². The van der Waals surface area contributed by atoms with Crippen molar-refractivity contribution in [2.45, 2.75) is 39.5 Å². The number of allylic oxidation sites excluding steroid dienone is 2. The highest BCUT2D eigenvalue weighted by Gasteiger charge is 2.30. The second-order valence-corrected chi connectivity index (χ2v) is 7.30. The van der Waals surface area contributed by atoms with E-state index in [2.05, 4.69) is 26.0 Å². The summed E-state index contributed by atoms with van der Waals surface area (Å²) in [5, 5.41) is 0. The summed E-state index contributed by atoms with van der Waals surface area (Å²) >= 11 is 6.04. The molecule has 0 aromatic heterocycles. The van der Waals surface area contributed by atoms with E-state index in [1.165, 1.54) is 5.57 Å². The lowest BCUT2D eigenvalue weighted by Crippen LogP contribution is -2.10. The first-order valence-corrected chi connectivity index (χ1v) is 8.62. The van der Waals surface area contributed by atoms with Gasteiger partial charge in [0.05, 0.1) is 0 Å². The highest BCUT2D eigenvalue weighted by Crippen LogP contribution is 2.47. The topological polar surface area (TPSA) is 0 Å². The Kier molecular flexibility index (Phi) is 4.33.